The van der Waals surface area contributed by atoms with Crippen LogP contribution >= 0.6 is 0 Å². The van der Waals surface area contributed by atoms with E-state index in [0.29, 0.717) is 37.3 Å². The van der Waals surface area contributed by atoms with E-state index in [4.69, 9.17) is 9.47 Å². The lowest BCUT2D eigenvalue weighted by Gasteiger charge is -2.16. The predicted octanol–water partition coefficient (Wildman–Crippen LogP) is 3.60. The zero-order valence-corrected chi connectivity index (χ0v) is 17.2. The number of ether oxygens (including phenoxy) is 2. The highest BCUT2D eigenvalue weighted by atomic mass is 19.1. The molecular formula is C23H20FN5O2. The Hall–Kier alpha value is -3.55. The van der Waals surface area contributed by atoms with Gasteiger partial charge in [-0.3, -0.25) is 14.4 Å². The number of pyridine rings is 1. The molecule has 2 aliphatic heterocycles. The third-order valence-corrected chi connectivity index (χ3v) is 6.12. The highest BCUT2D eigenvalue weighted by Gasteiger charge is 2.31. The molecule has 5 heterocycles. The average Bonchev–Trinajstić information content (AvgIpc) is 3.40. The van der Waals surface area contributed by atoms with Gasteiger partial charge >= 0.3 is 0 Å². The first-order valence-corrected chi connectivity index (χ1v) is 10.3. The number of hydrogen-bond donors (Lipinski definition) is 0. The van der Waals surface area contributed by atoms with Crippen molar-refractivity contribution < 1.29 is 13.9 Å². The Kier molecular flexibility index (Phi) is 3.96. The monoisotopic (exact) mass is 417 g/mol. The summed E-state index contributed by atoms with van der Waals surface area (Å²) < 4.78 is 28.8. The molecule has 0 aliphatic carbocycles. The molecule has 31 heavy (non-hydrogen) atoms. The summed E-state index contributed by atoms with van der Waals surface area (Å²) in [5.74, 6) is 1.29. The van der Waals surface area contributed by atoms with E-state index >= 15 is 0 Å². The number of aromatic nitrogens is 5. The van der Waals surface area contributed by atoms with Crippen LogP contribution in [-0.4, -0.2) is 37.8 Å². The molecule has 8 heteroatoms. The van der Waals surface area contributed by atoms with Gasteiger partial charge in [-0.25, -0.2) is 4.39 Å². The predicted molar refractivity (Wildman–Crippen MR) is 111 cm³/mol. The van der Waals surface area contributed by atoms with Crippen LogP contribution in [0.4, 0.5) is 4.39 Å². The van der Waals surface area contributed by atoms with Crippen molar-refractivity contribution in [2.24, 2.45) is 0 Å². The van der Waals surface area contributed by atoms with Crippen molar-refractivity contribution in [3.8, 4) is 22.8 Å². The summed E-state index contributed by atoms with van der Waals surface area (Å²) in [7, 11) is 0. The van der Waals surface area contributed by atoms with Crippen molar-refractivity contribution in [3.63, 3.8) is 0 Å². The molecule has 1 aromatic carbocycles. The van der Waals surface area contributed by atoms with E-state index in [1.807, 2.05) is 24.3 Å². The average molecular weight is 417 g/mol. The van der Waals surface area contributed by atoms with Gasteiger partial charge in [-0.1, -0.05) is 0 Å². The third-order valence-electron chi connectivity index (χ3n) is 6.12. The Morgan fingerprint density at radius 1 is 1.10 bits per heavy atom. The van der Waals surface area contributed by atoms with Gasteiger partial charge in [-0.15, -0.1) is 10.2 Å². The Morgan fingerprint density at radius 2 is 1.94 bits per heavy atom. The molecule has 0 radical (unpaired) electrons. The van der Waals surface area contributed by atoms with Gasteiger partial charge in [0.2, 0.25) is 0 Å². The molecule has 6 rings (SSSR count). The summed E-state index contributed by atoms with van der Waals surface area (Å²) in [6, 6.07) is 5.18. The largest absolute Gasteiger partial charge is 0.493 e. The normalized spacial score (nSPS) is 17.2. The molecule has 0 bridgehead atoms. The lowest BCUT2D eigenvalue weighted by atomic mass is 9.93. The van der Waals surface area contributed by atoms with Crippen LogP contribution in [0.2, 0.25) is 0 Å². The lowest BCUT2D eigenvalue weighted by Crippen LogP contribution is -2.13. The number of hydrogen-bond acceptors (Lipinski definition) is 6. The molecule has 0 unspecified atom stereocenters. The van der Waals surface area contributed by atoms with Crippen LogP contribution in [0.15, 0.2) is 30.7 Å². The summed E-state index contributed by atoms with van der Waals surface area (Å²) in [6.07, 6.45) is 4.55. The summed E-state index contributed by atoms with van der Waals surface area (Å²) in [5.41, 5.74) is 6.48. The molecule has 0 fully saturated rings. The third kappa shape index (κ3) is 2.78. The quantitative estimate of drug-likeness (QED) is 0.471. The van der Waals surface area contributed by atoms with E-state index in [9.17, 15) is 4.39 Å². The highest BCUT2D eigenvalue weighted by molar-refractivity contribution is 5.78. The first kappa shape index (κ1) is 18.2. The Balaban J connectivity index is 1.53. The molecule has 3 aromatic heterocycles. The minimum absolute atomic E-state index is 0.00684. The van der Waals surface area contributed by atoms with Gasteiger partial charge in [0, 0.05) is 11.8 Å². The molecule has 156 valence electrons. The van der Waals surface area contributed by atoms with Crippen LogP contribution in [-0.2, 0) is 12.8 Å². The SMILES string of the molecule is Cc1cnc(-c2cc3c(n4cnnc24)CCc2c(F)ccc4c2[C@H](CO4)CO3)c(C)n1. The van der Waals surface area contributed by atoms with Crippen LogP contribution in [0.1, 0.15) is 34.1 Å². The van der Waals surface area contributed by atoms with Crippen molar-refractivity contribution in [1.82, 2.24) is 24.6 Å². The van der Waals surface area contributed by atoms with Gasteiger partial charge in [-0.2, -0.15) is 0 Å². The number of benzene rings is 1. The van der Waals surface area contributed by atoms with Crippen molar-refractivity contribution >= 4 is 5.65 Å². The summed E-state index contributed by atoms with van der Waals surface area (Å²) in [6.45, 7) is 4.74. The molecule has 0 amide bonds. The van der Waals surface area contributed by atoms with Gasteiger partial charge in [0.15, 0.2) is 5.65 Å². The van der Waals surface area contributed by atoms with Crippen LogP contribution < -0.4 is 9.47 Å². The molecule has 0 saturated heterocycles. The molecule has 1 atom stereocenters. The maximum atomic E-state index is 14.7. The van der Waals surface area contributed by atoms with Gasteiger partial charge < -0.3 is 9.47 Å². The van der Waals surface area contributed by atoms with Crippen LogP contribution in [0, 0.1) is 19.7 Å². The number of fused-ring (bicyclic) bond motifs is 3. The van der Waals surface area contributed by atoms with E-state index in [-0.39, 0.29) is 11.7 Å². The van der Waals surface area contributed by atoms with Crippen LogP contribution in [0.25, 0.3) is 16.9 Å². The van der Waals surface area contributed by atoms with E-state index < -0.39 is 0 Å². The fourth-order valence-corrected chi connectivity index (χ4v) is 4.70. The van der Waals surface area contributed by atoms with E-state index in [0.717, 1.165) is 45.4 Å². The van der Waals surface area contributed by atoms with Gasteiger partial charge in [0.25, 0.3) is 0 Å². The zero-order valence-electron chi connectivity index (χ0n) is 17.2. The Labute approximate surface area is 177 Å². The van der Waals surface area contributed by atoms with Crippen molar-refractivity contribution in [1.29, 1.82) is 0 Å². The van der Waals surface area contributed by atoms with Crippen molar-refractivity contribution in [2.45, 2.75) is 32.6 Å². The molecule has 0 N–H and O–H groups in total. The lowest BCUT2D eigenvalue weighted by molar-refractivity contribution is 0.246. The second-order valence-corrected chi connectivity index (χ2v) is 8.10. The fourth-order valence-electron chi connectivity index (χ4n) is 4.70. The van der Waals surface area contributed by atoms with Crippen LogP contribution in [0.3, 0.4) is 0 Å². The van der Waals surface area contributed by atoms with Crippen molar-refractivity contribution in [3.05, 3.63) is 64.7 Å². The van der Waals surface area contributed by atoms with E-state index in [2.05, 4.69) is 20.2 Å². The van der Waals surface area contributed by atoms with Crippen molar-refractivity contribution in [2.75, 3.05) is 13.2 Å². The standard InChI is InChI=1S/C23H20FN5O2/c1-12-8-25-22(13(2)27-12)16-7-20-18(29-11-26-28-23(16)29)5-3-15-17(24)4-6-19-21(15)14(9-30-19)10-31-20/h4,6-8,11,14H,3,5,9-10H2,1-2H3/t14-/m1/s1. The number of aryl methyl sites for hydroxylation is 3. The van der Waals surface area contributed by atoms with E-state index in [1.54, 1.807) is 18.6 Å². The molecule has 7 nitrogen and oxygen atoms in total. The molecular weight excluding hydrogens is 397 g/mol. The minimum atomic E-state index is -0.195. The smallest absolute Gasteiger partial charge is 0.170 e. The number of nitrogens with zero attached hydrogens (tertiary/aromatic N) is 5. The minimum Gasteiger partial charge on any atom is -0.493 e. The summed E-state index contributed by atoms with van der Waals surface area (Å²) in [5, 5.41) is 8.48. The first-order chi connectivity index (χ1) is 15.1. The molecule has 4 aromatic rings. The van der Waals surface area contributed by atoms with Gasteiger partial charge in [-0.05, 0) is 50.5 Å². The zero-order chi connectivity index (χ0) is 21.1. The van der Waals surface area contributed by atoms with Gasteiger partial charge in [0.1, 0.15) is 23.6 Å². The van der Waals surface area contributed by atoms with Crippen LogP contribution in [0.5, 0.6) is 11.5 Å². The molecule has 2 aliphatic rings. The maximum Gasteiger partial charge on any atom is 0.170 e. The second kappa shape index (κ2) is 6.73. The maximum absolute atomic E-state index is 14.7. The first-order valence-electron chi connectivity index (χ1n) is 10.3. The summed E-state index contributed by atoms with van der Waals surface area (Å²) in [4.78, 5) is 9.15. The molecule has 0 saturated carbocycles. The number of rotatable bonds is 1. The fraction of sp³-hybridized carbons (Fsp3) is 0.304. The second-order valence-electron chi connectivity index (χ2n) is 8.10. The van der Waals surface area contributed by atoms with Gasteiger partial charge in [0.05, 0.1) is 47.5 Å². The topological polar surface area (TPSA) is 74.4 Å². The Bertz CT molecular complexity index is 1350. The molecule has 0 spiro atoms. The number of halogens is 1. The van der Waals surface area contributed by atoms with E-state index in [1.165, 1.54) is 6.07 Å². The summed E-state index contributed by atoms with van der Waals surface area (Å²) >= 11 is 0. The highest BCUT2D eigenvalue weighted by Crippen LogP contribution is 2.41. The Morgan fingerprint density at radius 3 is 2.77 bits per heavy atom.